The van der Waals surface area contributed by atoms with E-state index in [1.54, 1.807) is 36.4 Å². The number of aromatic amines is 1. The zero-order valence-corrected chi connectivity index (χ0v) is 21.2. The normalized spacial score (nSPS) is 16.7. The molecule has 198 valence electrons. The quantitative estimate of drug-likeness (QED) is 0.251. The van der Waals surface area contributed by atoms with Crippen LogP contribution in [0.1, 0.15) is 12.8 Å². The minimum atomic E-state index is -4.03. The van der Waals surface area contributed by atoms with Gasteiger partial charge in [-0.25, -0.2) is 4.98 Å². The summed E-state index contributed by atoms with van der Waals surface area (Å²) in [6.45, 7) is 5.23. The highest BCUT2D eigenvalue weighted by molar-refractivity contribution is 7.87. The van der Waals surface area contributed by atoms with Crippen molar-refractivity contribution in [3.63, 3.8) is 0 Å². The van der Waals surface area contributed by atoms with E-state index in [1.165, 1.54) is 6.07 Å². The van der Waals surface area contributed by atoms with Crippen LogP contribution in [0.3, 0.4) is 0 Å². The highest BCUT2D eigenvalue weighted by Gasteiger charge is 2.30. The number of nitrogens with one attached hydrogen (secondary N) is 2. The number of piperazine rings is 1. The van der Waals surface area contributed by atoms with Crippen LogP contribution in [-0.2, 0) is 19.6 Å². The lowest BCUT2D eigenvalue weighted by Gasteiger charge is -2.36. The van der Waals surface area contributed by atoms with E-state index < -0.39 is 10.1 Å². The van der Waals surface area contributed by atoms with Gasteiger partial charge in [-0.05, 0) is 49.2 Å². The average molecular weight is 530 g/mol. The number of fused-ring (bicyclic) bond motifs is 1. The number of carbonyl (C=O) groups excluding carboxylic acids is 1. The molecule has 2 aromatic carbocycles. The van der Waals surface area contributed by atoms with Crippen molar-refractivity contribution in [2.45, 2.75) is 17.7 Å². The van der Waals surface area contributed by atoms with Gasteiger partial charge in [-0.1, -0.05) is 0 Å². The van der Waals surface area contributed by atoms with Gasteiger partial charge in [-0.2, -0.15) is 8.42 Å². The van der Waals surface area contributed by atoms with Crippen molar-refractivity contribution in [1.82, 2.24) is 14.9 Å². The molecule has 37 heavy (non-hydrogen) atoms. The second-order valence-corrected chi connectivity index (χ2v) is 10.8. The van der Waals surface area contributed by atoms with E-state index in [0.29, 0.717) is 30.2 Å². The number of anilines is 2. The van der Waals surface area contributed by atoms with Gasteiger partial charge in [0.25, 0.3) is 0 Å². The summed E-state index contributed by atoms with van der Waals surface area (Å²) in [5.41, 5.74) is 2.11. The maximum atomic E-state index is 12.9. The van der Waals surface area contributed by atoms with Crippen LogP contribution in [0.2, 0.25) is 0 Å². The van der Waals surface area contributed by atoms with Crippen molar-refractivity contribution in [3.05, 3.63) is 42.5 Å². The van der Waals surface area contributed by atoms with E-state index in [2.05, 4.69) is 25.1 Å². The number of aliphatic hydroxyl groups is 1. The highest BCUT2D eigenvalue weighted by atomic mass is 32.2. The third kappa shape index (κ3) is 6.39. The summed E-state index contributed by atoms with van der Waals surface area (Å²) >= 11 is 0. The van der Waals surface area contributed by atoms with Gasteiger partial charge < -0.3 is 23.9 Å². The van der Waals surface area contributed by atoms with Crippen molar-refractivity contribution in [2.75, 3.05) is 62.8 Å². The van der Waals surface area contributed by atoms with Crippen LogP contribution in [0.5, 0.6) is 5.75 Å². The Kier molecular flexibility index (Phi) is 7.60. The number of H-pyrrole nitrogens is 1. The highest BCUT2D eigenvalue weighted by Crippen LogP contribution is 2.30. The molecule has 12 heteroatoms. The third-order valence-corrected chi connectivity index (χ3v) is 7.76. The second-order valence-electron chi connectivity index (χ2n) is 9.22. The molecule has 1 saturated carbocycles. The Morgan fingerprint density at radius 1 is 1.08 bits per heavy atom. The molecule has 11 nitrogen and oxygen atoms in total. The van der Waals surface area contributed by atoms with Gasteiger partial charge in [-0.3, -0.25) is 15.0 Å². The summed E-state index contributed by atoms with van der Waals surface area (Å²) in [6, 6.07) is 11.4. The van der Waals surface area contributed by atoms with Crippen molar-refractivity contribution in [3.8, 4) is 5.75 Å². The molecule has 1 aromatic heterocycles. The fourth-order valence-electron chi connectivity index (χ4n) is 4.25. The summed E-state index contributed by atoms with van der Waals surface area (Å²) in [5, 5.41) is 11.5. The minimum Gasteiger partial charge on any atom is -0.394 e. The Morgan fingerprint density at radius 3 is 2.54 bits per heavy atom. The Morgan fingerprint density at radius 2 is 1.84 bits per heavy atom. The molecule has 0 radical (unpaired) electrons. The van der Waals surface area contributed by atoms with E-state index in [9.17, 15) is 13.2 Å². The number of imidazole rings is 1. The number of aliphatic hydroxyl groups excluding tert-OH is 1. The molecule has 2 aliphatic rings. The smallest absolute Gasteiger partial charge is 0.339 e. The lowest BCUT2D eigenvalue weighted by molar-refractivity contribution is -0.117. The van der Waals surface area contributed by atoms with Gasteiger partial charge >= 0.3 is 10.1 Å². The molecule has 0 atom stereocenters. The lowest BCUT2D eigenvalue weighted by atomic mass is 10.2. The fourth-order valence-corrected chi connectivity index (χ4v) is 5.17. The van der Waals surface area contributed by atoms with Gasteiger partial charge in [0.2, 0.25) is 11.9 Å². The molecular weight excluding hydrogens is 498 g/mol. The van der Waals surface area contributed by atoms with Crippen LogP contribution in [0.25, 0.3) is 11.0 Å². The molecule has 3 N–H and O–H groups in total. The monoisotopic (exact) mass is 529 g/mol. The maximum absolute atomic E-state index is 12.9. The molecule has 2 heterocycles. The van der Waals surface area contributed by atoms with Crippen LogP contribution in [0, 0.1) is 5.92 Å². The molecule has 1 aliphatic heterocycles. The van der Waals surface area contributed by atoms with Gasteiger partial charge in [0.1, 0.15) is 10.6 Å². The van der Waals surface area contributed by atoms with Crippen LogP contribution >= 0.6 is 0 Å². The number of hydrogen-bond donors (Lipinski definition) is 3. The lowest BCUT2D eigenvalue weighted by Crippen LogP contribution is -2.47. The zero-order valence-electron chi connectivity index (χ0n) is 20.4. The molecule has 1 saturated heterocycles. The van der Waals surface area contributed by atoms with Crippen molar-refractivity contribution >= 4 is 38.7 Å². The Labute approximate surface area is 215 Å². The summed E-state index contributed by atoms with van der Waals surface area (Å²) in [4.78, 5) is 23.9. The number of carbonyl (C=O) groups is 1. The van der Waals surface area contributed by atoms with Crippen LogP contribution in [-0.4, -0.2) is 86.8 Å². The first-order valence-electron chi connectivity index (χ1n) is 12.4. The van der Waals surface area contributed by atoms with E-state index in [4.69, 9.17) is 14.0 Å². The molecule has 5 rings (SSSR count). The molecule has 1 amide bonds. The largest absolute Gasteiger partial charge is 0.394 e. The topological polar surface area (TPSA) is 137 Å². The van der Waals surface area contributed by atoms with Gasteiger partial charge in [0, 0.05) is 50.4 Å². The molecule has 0 spiro atoms. The van der Waals surface area contributed by atoms with Crippen LogP contribution in [0.4, 0.5) is 11.6 Å². The van der Waals surface area contributed by atoms with Crippen molar-refractivity contribution < 1.29 is 27.2 Å². The molecule has 1 aliphatic carbocycles. The number of nitrogens with zero attached hydrogens (tertiary/aromatic N) is 3. The summed E-state index contributed by atoms with van der Waals surface area (Å²) in [7, 11) is -4.03. The predicted molar refractivity (Wildman–Crippen MR) is 138 cm³/mol. The number of aromatic nitrogens is 2. The molecule has 0 unspecified atom stereocenters. The van der Waals surface area contributed by atoms with Gasteiger partial charge in [0.15, 0.2) is 0 Å². The SMILES string of the molecule is O=C(Nc1nc2cc(OS(=O)(=O)c3ccc(N4CCN(CCOCCO)CC4)cc3)ccc2[nH]1)C1CC1. The van der Waals surface area contributed by atoms with Crippen molar-refractivity contribution in [2.24, 2.45) is 5.92 Å². The Balaban J connectivity index is 1.18. The Bertz CT molecular complexity index is 1330. The van der Waals surface area contributed by atoms with Crippen molar-refractivity contribution in [1.29, 1.82) is 0 Å². The standard InChI is InChI=1S/C25H31N5O6S/c31-14-16-35-15-13-29-9-11-30(12-10-29)19-3-6-21(7-4-19)37(33,34)36-20-5-8-22-23(17-20)27-25(26-22)28-24(32)18-1-2-18/h3-8,17-18,31H,1-2,9-16H2,(H2,26,27,28,32). The third-order valence-electron chi connectivity index (χ3n) is 6.50. The Hall–Kier alpha value is -3.19. The van der Waals surface area contributed by atoms with Gasteiger partial charge in [0.05, 0.1) is 30.9 Å². The summed E-state index contributed by atoms with van der Waals surface area (Å²) in [6.07, 6.45) is 1.78. The van der Waals surface area contributed by atoms with E-state index in [-0.39, 0.29) is 29.1 Å². The first-order chi connectivity index (χ1) is 17.9. The van der Waals surface area contributed by atoms with Gasteiger partial charge in [-0.15, -0.1) is 0 Å². The first kappa shape index (κ1) is 25.5. The number of ether oxygens (including phenoxy) is 1. The molecule has 2 fully saturated rings. The first-order valence-corrected chi connectivity index (χ1v) is 13.8. The fraction of sp³-hybridized carbons (Fsp3) is 0.440. The van der Waals surface area contributed by atoms with Crippen LogP contribution < -0.4 is 14.4 Å². The minimum absolute atomic E-state index is 0.0337. The number of hydrogen-bond acceptors (Lipinski definition) is 9. The number of benzene rings is 2. The second kappa shape index (κ2) is 11.1. The van der Waals surface area contributed by atoms with E-state index in [0.717, 1.165) is 51.3 Å². The number of amides is 1. The number of rotatable bonds is 11. The summed E-state index contributed by atoms with van der Waals surface area (Å²) < 4.78 is 36.5. The molecular formula is C25H31N5O6S. The maximum Gasteiger partial charge on any atom is 0.339 e. The van der Waals surface area contributed by atoms with E-state index >= 15 is 0 Å². The zero-order chi connectivity index (χ0) is 25.8. The molecule has 3 aromatic rings. The average Bonchev–Trinajstić information content (AvgIpc) is 3.68. The summed E-state index contributed by atoms with van der Waals surface area (Å²) in [5.74, 6) is 0.462. The molecule has 0 bridgehead atoms. The van der Waals surface area contributed by atoms with E-state index in [1.807, 2.05) is 0 Å². The predicted octanol–water partition coefficient (Wildman–Crippen LogP) is 1.81. The van der Waals surface area contributed by atoms with Crippen LogP contribution in [0.15, 0.2) is 47.4 Å².